The van der Waals surface area contributed by atoms with Crippen LogP contribution in [0.4, 0.5) is 5.69 Å². The highest BCUT2D eigenvalue weighted by molar-refractivity contribution is 6.32. The van der Waals surface area contributed by atoms with Crippen LogP contribution in [0.3, 0.4) is 0 Å². The van der Waals surface area contributed by atoms with Gasteiger partial charge in [-0.25, -0.2) is 0 Å². The average molecular weight is 287 g/mol. The zero-order chi connectivity index (χ0) is 14.4. The minimum atomic E-state index is 0.594. The molecule has 0 heterocycles. The maximum absolute atomic E-state index is 8.74. The van der Waals surface area contributed by atoms with E-state index in [1.807, 2.05) is 49.4 Å². The molecular formula is C16H15ClN2O. The quantitative estimate of drug-likeness (QED) is 0.895. The van der Waals surface area contributed by atoms with Gasteiger partial charge in [0, 0.05) is 12.2 Å². The Labute approximate surface area is 123 Å². The molecule has 0 unspecified atom stereocenters. The molecule has 1 N–H and O–H groups in total. The second-order valence-electron chi connectivity index (χ2n) is 4.24. The number of ether oxygens (including phenoxy) is 1. The van der Waals surface area contributed by atoms with Crippen molar-refractivity contribution in [2.75, 3.05) is 11.9 Å². The predicted molar refractivity (Wildman–Crippen MR) is 81.1 cm³/mol. The molecule has 102 valence electrons. The first kappa shape index (κ1) is 14.2. The molecule has 0 aliphatic heterocycles. The lowest BCUT2D eigenvalue weighted by Gasteiger charge is -2.10. The van der Waals surface area contributed by atoms with Crippen molar-refractivity contribution in [1.82, 2.24) is 0 Å². The Morgan fingerprint density at radius 1 is 1.20 bits per heavy atom. The SMILES string of the molecule is CCOc1ccc(NCc2ccc(C#N)cc2)cc1Cl. The van der Waals surface area contributed by atoms with Crippen molar-refractivity contribution in [3.05, 3.63) is 58.6 Å². The lowest BCUT2D eigenvalue weighted by Crippen LogP contribution is -2.00. The Hall–Kier alpha value is -2.18. The van der Waals surface area contributed by atoms with Gasteiger partial charge in [0.25, 0.3) is 0 Å². The number of halogens is 1. The molecule has 0 aliphatic carbocycles. The van der Waals surface area contributed by atoms with Gasteiger partial charge in [0.1, 0.15) is 5.75 Å². The number of nitrogens with one attached hydrogen (secondary N) is 1. The van der Waals surface area contributed by atoms with Gasteiger partial charge in [0.2, 0.25) is 0 Å². The summed E-state index contributed by atoms with van der Waals surface area (Å²) in [5, 5.41) is 12.6. The van der Waals surface area contributed by atoms with Crippen LogP contribution in [0.5, 0.6) is 5.75 Å². The summed E-state index contributed by atoms with van der Waals surface area (Å²) in [6, 6.07) is 15.2. The van der Waals surface area contributed by atoms with E-state index in [4.69, 9.17) is 21.6 Å². The van der Waals surface area contributed by atoms with Gasteiger partial charge in [-0.1, -0.05) is 23.7 Å². The second-order valence-corrected chi connectivity index (χ2v) is 4.65. The lowest BCUT2D eigenvalue weighted by atomic mass is 10.1. The van der Waals surface area contributed by atoms with E-state index in [9.17, 15) is 0 Å². The zero-order valence-corrected chi connectivity index (χ0v) is 11.9. The third kappa shape index (κ3) is 3.66. The van der Waals surface area contributed by atoms with Crippen LogP contribution < -0.4 is 10.1 Å². The molecule has 0 aliphatic rings. The molecule has 0 amide bonds. The lowest BCUT2D eigenvalue weighted by molar-refractivity contribution is 0.340. The highest BCUT2D eigenvalue weighted by Crippen LogP contribution is 2.27. The highest BCUT2D eigenvalue weighted by Gasteiger charge is 2.02. The molecule has 0 saturated carbocycles. The Balaban J connectivity index is 1.99. The number of hydrogen-bond acceptors (Lipinski definition) is 3. The largest absolute Gasteiger partial charge is 0.492 e. The van der Waals surface area contributed by atoms with Gasteiger partial charge in [0.15, 0.2) is 0 Å². The molecule has 0 atom stereocenters. The average Bonchev–Trinajstić information content (AvgIpc) is 2.48. The normalized spacial score (nSPS) is 9.85. The van der Waals surface area contributed by atoms with Gasteiger partial charge in [0.05, 0.1) is 23.3 Å². The minimum Gasteiger partial charge on any atom is -0.492 e. The summed E-state index contributed by atoms with van der Waals surface area (Å²) in [5.74, 6) is 0.693. The fourth-order valence-electron chi connectivity index (χ4n) is 1.78. The summed E-state index contributed by atoms with van der Waals surface area (Å²) >= 11 is 6.13. The van der Waals surface area contributed by atoms with Crippen molar-refractivity contribution in [3.63, 3.8) is 0 Å². The first-order chi connectivity index (χ1) is 9.72. The van der Waals surface area contributed by atoms with Gasteiger partial charge >= 0.3 is 0 Å². The summed E-state index contributed by atoms with van der Waals surface area (Å²) < 4.78 is 5.39. The summed E-state index contributed by atoms with van der Waals surface area (Å²) in [7, 11) is 0. The molecular weight excluding hydrogens is 272 g/mol. The fourth-order valence-corrected chi connectivity index (χ4v) is 2.02. The van der Waals surface area contributed by atoms with E-state index in [2.05, 4.69) is 11.4 Å². The van der Waals surface area contributed by atoms with E-state index in [-0.39, 0.29) is 0 Å². The third-order valence-electron chi connectivity index (χ3n) is 2.81. The van der Waals surface area contributed by atoms with Gasteiger partial charge < -0.3 is 10.1 Å². The van der Waals surface area contributed by atoms with E-state index in [1.54, 1.807) is 0 Å². The first-order valence-electron chi connectivity index (χ1n) is 6.38. The maximum atomic E-state index is 8.74. The van der Waals surface area contributed by atoms with Crippen molar-refractivity contribution in [1.29, 1.82) is 5.26 Å². The molecule has 0 spiro atoms. The number of nitriles is 1. The number of benzene rings is 2. The summed E-state index contributed by atoms with van der Waals surface area (Å²) in [4.78, 5) is 0. The first-order valence-corrected chi connectivity index (χ1v) is 6.76. The van der Waals surface area contributed by atoms with E-state index in [1.165, 1.54) is 0 Å². The van der Waals surface area contributed by atoms with Crippen molar-refractivity contribution in [2.45, 2.75) is 13.5 Å². The Morgan fingerprint density at radius 3 is 2.55 bits per heavy atom. The van der Waals surface area contributed by atoms with E-state index in [0.29, 0.717) is 29.5 Å². The molecule has 20 heavy (non-hydrogen) atoms. The van der Waals surface area contributed by atoms with Crippen molar-refractivity contribution in [2.24, 2.45) is 0 Å². The molecule has 2 aromatic rings. The van der Waals surface area contributed by atoms with Crippen LogP contribution in [-0.4, -0.2) is 6.61 Å². The number of hydrogen-bond donors (Lipinski definition) is 1. The van der Waals surface area contributed by atoms with E-state index < -0.39 is 0 Å². The smallest absolute Gasteiger partial charge is 0.138 e. The van der Waals surface area contributed by atoms with Crippen molar-refractivity contribution < 1.29 is 4.74 Å². The van der Waals surface area contributed by atoms with E-state index >= 15 is 0 Å². The number of nitrogens with zero attached hydrogens (tertiary/aromatic N) is 1. The topological polar surface area (TPSA) is 45.0 Å². The third-order valence-corrected chi connectivity index (χ3v) is 3.11. The van der Waals surface area contributed by atoms with Gasteiger partial charge in [-0.2, -0.15) is 5.26 Å². The standard InChI is InChI=1S/C16H15ClN2O/c1-2-20-16-8-7-14(9-15(16)17)19-11-13-5-3-12(10-18)4-6-13/h3-9,19H,2,11H2,1H3. The zero-order valence-electron chi connectivity index (χ0n) is 11.2. The molecule has 2 aromatic carbocycles. The molecule has 0 saturated heterocycles. The second kappa shape index (κ2) is 6.83. The van der Waals surface area contributed by atoms with Crippen molar-refractivity contribution >= 4 is 17.3 Å². The van der Waals surface area contributed by atoms with Crippen molar-refractivity contribution in [3.8, 4) is 11.8 Å². The van der Waals surface area contributed by atoms with Crippen LogP contribution in [-0.2, 0) is 6.54 Å². The Kier molecular flexibility index (Phi) is 4.86. The molecule has 0 fully saturated rings. The summed E-state index contributed by atoms with van der Waals surface area (Å²) in [6.45, 7) is 3.20. The van der Waals surface area contributed by atoms with Gasteiger partial charge in [-0.3, -0.25) is 0 Å². The predicted octanol–water partition coefficient (Wildman–Crippen LogP) is 4.22. The number of rotatable bonds is 5. The van der Waals surface area contributed by atoms with Crippen LogP contribution in [0.25, 0.3) is 0 Å². The molecule has 0 aromatic heterocycles. The fraction of sp³-hybridized carbons (Fsp3) is 0.188. The van der Waals surface area contributed by atoms with Crippen LogP contribution in [0.15, 0.2) is 42.5 Å². The van der Waals surface area contributed by atoms with Crippen LogP contribution in [0.2, 0.25) is 5.02 Å². The van der Waals surface area contributed by atoms with Crippen LogP contribution >= 0.6 is 11.6 Å². The summed E-state index contributed by atoms with van der Waals surface area (Å²) in [6.07, 6.45) is 0. The maximum Gasteiger partial charge on any atom is 0.138 e. The minimum absolute atomic E-state index is 0.594. The molecule has 0 bridgehead atoms. The molecule has 0 radical (unpaired) electrons. The summed E-state index contributed by atoms with van der Waals surface area (Å²) in [5.41, 5.74) is 2.70. The highest BCUT2D eigenvalue weighted by atomic mass is 35.5. The molecule has 2 rings (SSSR count). The van der Waals surface area contributed by atoms with Gasteiger partial charge in [-0.15, -0.1) is 0 Å². The van der Waals surface area contributed by atoms with Crippen LogP contribution in [0, 0.1) is 11.3 Å². The Morgan fingerprint density at radius 2 is 1.95 bits per heavy atom. The number of anilines is 1. The molecule has 4 heteroatoms. The Bertz CT molecular complexity index is 617. The van der Waals surface area contributed by atoms with Crippen LogP contribution in [0.1, 0.15) is 18.1 Å². The van der Waals surface area contributed by atoms with Gasteiger partial charge in [-0.05, 0) is 42.8 Å². The monoisotopic (exact) mass is 286 g/mol. The molecule has 3 nitrogen and oxygen atoms in total. The van der Waals surface area contributed by atoms with E-state index in [0.717, 1.165) is 11.3 Å².